The number of rotatable bonds is 8. The number of carboxylic acid groups (broad SMARTS) is 1. The summed E-state index contributed by atoms with van der Waals surface area (Å²) in [7, 11) is 0. The van der Waals surface area contributed by atoms with Crippen LogP contribution in [-0.4, -0.2) is 49.0 Å². The van der Waals surface area contributed by atoms with Crippen molar-refractivity contribution in [3.8, 4) is 5.75 Å². The number of pyridine rings is 1. The SMILES string of the molecule is Cc1nc2c(OCc3c(F)cccc3F)cc(Cl)cn2c1C(=O)NCCC1(N(C(=O)O)C(C)(C)C)CCCCC1. The summed E-state index contributed by atoms with van der Waals surface area (Å²) < 4.78 is 35.4. The van der Waals surface area contributed by atoms with Crippen molar-refractivity contribution in [3.05, 3.63) is 64.1 Å². The highest BCUT2D eigenvalue weighted by atomic mass is 35.5. The highest BCUT2D eigenvalue weighted by Crippen LogP contribution is 2.40. The molecule has 40 heavy (non-hydrogen) atoms. The van der Waals surface area contributed by atoms with Crippen LogP contribution in [0.15, 0.2) is 30.5 Å². The van der Waals surface area contributed by atoms with E-state index in [1.54, 1.807) is 11.8 Å². The van der Waals surface area contributed by atoms with Gasteiger partial charge in [0.25, 0.3) is 5.91 Å². The van der Waals surface area contributed by atoms with Gasteiger partial charge in [0.1, 0.15) is 23.9 Å². The lowest BCUT2D eigenvalue weighted by Gasteiger charge is -2.51. The zero-order valence-electron chi connectivity index (χ0n) is 23.2. The largest absolute Gasteiger partial charge is 0.485 e. The number of halogens is 3. The number of carbonyl (C=O) groups is 2. The van der Waals surface area contributed by atoms with Crippen LogP contribution in [0.25, 0.3) is 5.65 Å². The minimum absolute atomic E-state index is 0.167. The van der Waals surface area contributed by atoms with Crippen LogP contribution < -0.4 is 10.1 Å². The Kier molecular flexibility index (Phi) is 8.58. The molecule has 1 aliphatic carbocycles. The zero-order valence-corrected chi connectivity index (χ0v) is 23.9. The topological polar surface area (TPSA) is 96.2 Å². The molecule has 2 heterocycles. The number of fused-ring (bicyclic) bond motifs is 1. The second kappa shape index (κ2) is 11.6. The molecule has 1 saturated carbocycles. The molecule has 0 bridgehead atoms. The number of aryl methyl sites for hydroxylation is 1. The summed E-state index contributed by atoms with van der Waals surface area (Å²) >= 11 is 6.32. The van der Waals surface area contributed by atoms with Crippen LogP contribution >= 0.6 is 11.6 Å². The van der Waals surface area contributed by atoms with Gasteiger partial charge in [-0.1, -0.05) is 36.9 Å². The second-order valence-corrected chi connectivity index (χ2v) is 11.8. The van der Waals surface area contributed by atoms with Gasteiger partial charge in [-0.05, 0) is 59.1 Å². The summed E-state index contributed by atoms with van der Waals surface area (Å²) in [5.41, 5.74) is -0.471. The molecule has 3 aromatic rings. The summed E-state index contributed by atoms with van der Waals surface area (Å²) in [5, 5.41) is 13.3. The maximum absolute atomic E-state index is 14.1. The molecule has 0 aliphatic heterocycles. The van der Waals surface area contributed by atoms with Gasteiger partial charge in [-0.15, -0.1) is 0 Å². The number of nitrogens with zero attached hydrogens (tertiary/aromatic N) is 3. The third-order valence-electron chi connectivity index (χ3n) is 7.47. The van der Waals surface area contributed by atoms with E-state index in [4.69, 9.17) is 16.3 Å². The van der Waals surface area contributed by atoms with Crippen LogP contribution in [0.2, 0.25) is 5.02 Å². The molecule has 2 amide bonds. The van der Waals surface area contributed by atoms with Gasteiger partial charge in [0, 0.05) is 29.9 Å². The zero-order chi connectivity index (χ0) is 29.2. The van der Waals surface area contributed by atoms with E-state index >= 15 is 0 Å². The number of ether oxygens (including phenoxy) is 1. The Bertz CT molecular complexity index is 1390. The van der Waals surface area contributed by atoms with E-state index in [-0.39, 0.29) is 34.2 Å². The Hall–Kier alpha value is -3.40. The van der Waals surface area contributed by atoms with Crippen LogP contribution in [0.1, 0.15) is 81.0 Å². The van der Waals surface area contributed by atoms with Gasteiger partial charge < -0.3 is 15.2 Å². The lowest BCUT2D eigenvalue weighted by molar-refractivity contribution is -0.00966. The quantitative estimate of drug-likeness (QED) is 0.309. The molecule has 0 spiro atoms. The highest BCUT2D eigenvalue weighted by molar-refractivity contribution is 6.30. The van der Waals surface area contributed by atoms with Crippen LogP contribution in [0.3, 0.4) is 0 Å². The summed E-state index contributed by atoms with van der Waals surface area (Å²) in [6.45, 7) is 7.22. The van der Waals surface area contributed by atoms with E-state index in [1.807, 2.05) is 20.8 Å². The molecule has 1 aromatic carbocycles. The summed E-state index contributed by atoms with van der Waals surface area (Å²) in [6, 6.07) is 5.04. The number of nitrogens with one attached hydrogen (secondary N) is 1. The van der Waals surface area contributed by atoms with Gasteiger partial charge in [0.15, 0.2) is 11.4 Å². The van der Waals surface area contributed by atoms with E-state index in [9.17, 15) is 23.5 Å². The smallest absolute Gasteiger partial charge is 0.408 e. The van der Waals surface area contributed by atoms with E-state index < -0.39 is 41.3 Å². The molecule has 11 heteroatoms. The van der Waals surface area contributed by atoms with Crippen molar-refractivity contribution in [3.63, 3.8) is 0 Å². The van der Waals surface area contributed by atoms with Crippen LogP contribution in [0, 0.1) is 18.6 Å². The molecule has 0 radical (unpaired) electrons. The molecule has 0 saturated heterocycles. The molecule has 2 aromatic heterocycles. The lowest BCUT2D eigenvalue weighted by Crippen LogP contribution is -2.61. The number of carbonyl (C=O) groups excluding carboxylic acids is 1. The predicted molar refractivity (Wildman–Crippen MR) is 148 cm³/mol. The third-order valence-corrected chi connectivity index (χ3v) is 7.68. The van der Waals surface area contributed by atoms with Crippen molar-refractivity contribution in [2.75, 3.05) is 6.54 Å². The molecule has 4 rings (SSSR count). The summed E-state index contributed by atoms with van der Waals surface area (Å²) in [6.07, 6.45) is 5.42. The fourth-order valence-corrected chi connectivity index (χ4v) is 6.08. The average Bonchev–Trinajstić information content (AvgIpc) is 3.18. The van der Waals surface area contributed by atoms with Gasteiger partial charge in [0.2, 0.25) is 0 Å². The molecular weight excluding hydrogens is 542 g/mol. The first kappa shape index (κ1) is 29.6. The van der Waals surface area contributed by atoms with Crippen LogP contribution in [-0.2, 0) is 6.61 Å². The van der Waals surface area contributed by atoms with E-state index in [1.165, 1.54) is 22.7 Å². The Labute approximate surface area is 237 Å². The van der Waals surface area contributed by atoms with Gasteiger partial charge in [-0.2, -0.15) is 0 Å². The first-order chi connectivity index (χ1) is 18.8. The number of aromatic nitrogens is 2. The third kappa shape index (κ3) is 6.01. The van der Waals surface area contributed by atoms with Gasteiger partial charge in [0.05, 0.1) is 16.3 Å². The highest BCUT2D eigenvalue weighted by Gasteiger charge is 2.45. The molecule has 0 unspecified atom stereocenters. The van der Waals surface area contributed by atoms with Crippen LogP contribution in [0.4, 0.5) is 13.6 Å². The van der Waals surface area contributed by atoms with Crippen molar-refractivity contribution in [2.45, 2.75) is 83.9 Å². The molecule has 2 N–H and O–H groups in total. The van der Waals surface area contributed by atoms with E-state index in [0.717, 1.165) is 44.2 Å². The number of benzene rings is 1. The van der Waals surface area contributed by atoms with Crippen molar-refractivity contribution in [2.24, 2.45) is 0 Å². The summed E-state index contributed by atoms with van der Waals surface area (Å²) in [5.74, 6) is -1.70. The minimum atomic E-state index is -0.962. The van der Waals surface area contributed by atoms with E-state index in [0.29, 0.717) is 12.1 Å². The van der Waals surface area contributed by atoms with E-state index in [2.05, 4.69) is 10.3 Å². The minimum Gasteiger partial charge on any atom is -0.485 e. The Balaban J connectivity index is 1.55. The molecule has 1 fully saturated rings. The number of hydrogen-bond acceptors (Lipinski definition) is 4. The molecule has 8 nitrogen and oxygen atoms in total. The Morgan fingerprint density at radius 1 is 1.20 bits per heavy atom. The van der Waals surface area contributed by atoms with Crippen molar-refractivity contribution in [1.82, 2.24) is 19.6 Å². The molecule has 216 valence electrons. The molecule has 1 aliphatic rings. The number of imidazole rings is 1. The Morgan fingerprint density at radius 2 is 1.85 bits per heavy atom. The molecular formula is C29H35ClF2N4O4. The van der Waals surface area contributed by atoms with Gasteiger partial charge in [-0.25, -0.2) is 18.6 Å². The van der Waals surface area contributed by atoms with Crippen LogP contribution in [0.5, 0.6) is 5.75 Å². The Morgan fingerprint density at radius 3 is 2.45 bits per heavy atom. The standard InChI is InChI=1S/C29H35ClF2N4O4/c1-18-24(26(37)33-14-13-29(11-6-5-7-12-29)36(27(38)39)28(2,3)4)35-16-19(30)15-23(25(35)34-18)40-17-20-21(31)9-8-10-22(20)32/h8-10,15-16H,5-7,11-14,17H2,1-4H3,(H,33,37)(H,38,39). The summed E-state index contributed by atoms with van der Waals surface area (Å²) in [4.78, 5) is 31.8. The second-order valence-electron chi connectivity index (χ2n) is 11.3. The normalized spacial score (nSPS) is 15.2. The lowest BCUT2D eigenvalue weighted by atomic mass is 9.76. The van der Waals surface area contributed by atoms with Gasteiger partial charge in [-0.3, -0.25) is 14.1 Å². The fourth-order valence-electron chi connectivity index (χ4n) is 5.88. The number of hydrogen-bond donors (Lipinski definition) is 2. The fraction of sp³-hybridized carbons (Fsp3) is 0.483. The van der Waals surface area contributed by atoms with Crippen molar-refractivity contribution < 1.29 is 28.2 Å². The maximum atomic E-state index is 14.1. The van der Waals surface area contributed by atoms with Crippen molar-refractivity contribution >= 4 is 29.2 Å². The molecule has 0 atom stereocenters. The number of amides is 2. The first-order valence-corrected chi connectivity index (χ1v) is 13.8. The predicted octanol–water partition coefficient (Wildman–Crippen LogP) is 6.75. The van der Waals surface area contributed by atoms with Gasteiger partial charge >= 0.3 is 6.09 Å². The maximum Gasteiger partial charge on any atom is 0.408 e. The average molecular weight is 577 g/mol. The first-order valence-electron chi connectivity index (χ1n) is 13.4. The van der Waals surface area contributed by atoms with Crippen molar-refractivity contribution in [1.29, 1.82) is 0 Å². The monoisotopic (exact) mass is 576 g/mol.